The number of H-pyrrole nitrogens is 1. The van der Waals surface area contributed by atoms with Gasteiger partial charge in [-0.25, -0.2) is 9.78 Å². The van der Waals surface area contributed by atoms with Gasteiger partial charge in [-0.2, -0.15) is 0 Å². The molecule has 0 bridgehead atoms. The zero-order valence-corrected chi connectivity index (χ0v) is 14.9. The smallest absolute Gasteiger partial charge is 0.338 e. The fourth-order valence-corrected chi connectivity index (χ4v) is 2.55. The second-order valence-electron chi connectivity index (χ2n) is 5.56. The molecular formula is C18H16ClN3O4. The first kappa shape index (κ1) is 17.8. The van der Waals surface area contributed by atoms with E-state index in [1.807, 2.05) is 6.92 Å². The van der Waals surface area contributed by atoms with Crippen LogP contribution in [0.1, 0.15) is 15.9 Å². The quantitative estimate of drug-likeness (QED) is 0.669. The molecule has 8 heteroatoms. The number of hydrogen-bond donors (Lipinski definition) is 2. The van der Waals surface area contributed by atoms with Crippen LogP contribution in [-0.2, 0) is 9.53 Å². The van der Waals surface area contributed by atoms with Crippen molar-refractivity contribution in [2.45, 2.75) is 6.92 Å². The van der Waals surface area contributed by atoms with Crippen LogP contribution in [-0.4, -0.2) is 35.6 Å². The fraction of sp³-hybridized carbons (Fsp3) is 0.167. The topological polar surface area (TPSA) is 93.3 Å². The third-order valence-electron chi connectivity index (χ3n) is 3.75. The zero-order valence-electron chi connectivity index (χ0n) is 14.1. The lowest BCUT2D eigenvalue weighted by Crippen LogP contribution is -2.21. The molecule has 134 valence electrons. The van der Waals surface area contributed by atoms with E-state index in [9.17, 15) is 9.59 Å². The number of nitrogens with one attached hydrogen (secondary N) is 2. The van der Waals surface area contributed by atoms with Crippen molar-refractivity contribution in [1.29, 1.82) is 0 Å². The number of esters is 1. The number of hydrogen-bond acceptors (Lipinski definition) is 5. The Labute approximate surface area is 154 Å². The van der Waals surface area contributed by atoms with E-state index in [1.165, 1.54) is 13.4 Å². The Kier molecular flexibility index (Phi) is 5.09. The maximum Gasteiger partial charge on any atom is 0.338 e. The summed E-state index contributed by atoms with van der Waals surface area (Å²) in [4.78, 5) is 31.2. The average molecular weight is 374 g/mol. The van der Waals surface area contributed by atoms with Crippen LogP contribution < -0.4 is 10.1 Å². The molecule has 7 nitrogen and oxygen atoms in total. The molecule has 1 amide bonds. The summed E-state index contributed by atoms with van der Waals surface area (Å²) < 4.78 is 10.3. The predicted octanol–water partition coefficient (Wildman–Crippen LogP) is 3.33. The standard InChI is InChI=1S/C18H16ClN3O4/c1-10-5-15(16(25-2)7-12(10)19)22-17(23)8-26-18(24)11-3-4-13-14(6-11)21-9-20-13/h3-7,9H,8H2,1-2H3,(H,20,21)(H,22,23). The number of benzene rings is 2. The van der Waals surface area contributed by atoms with Crippen molar-refractivity contribution in [3.63, 3.8) is 0 Å². The lowest BCUT2D eigenvalue weighted by molar-refractivity contribution is -0.119. The van der Waals surface area contributed by atoms with Gasteiger partial charge < -0.3 is 19.8 Å². The number of halogens is 1. The molecule has 0 unspecified atom stereocenters. The molecule has 0 saturated heterocycles. The molecule has 1 heterocycles. The number of amides is 1. The zero-order chi connectivity index (χ0) is 18.7. The van der Waals surface area contributed by atoms with Crippen LogP contribution in [0, 0.1) is 6.92 Å². The summed E-state index contributed by atoms with van der Waals surface area (Å²) in [5, 5.41) is 3.17. The van der Waals surface area contributed by atoms with E-state index in [0.29, 0.717) is 27.5 Å². The number of rotatable bonds is 5. The Bertz CT molecular complexity index is 984. The normalized spacial score (nSPS) is 10.6. The van der Waals surface area contributed by atoms with Gasteiger partial charge in [0, 0.05) is 11.1 Å². The van der Waals surface area contributed by atoms with E-state index < -0.39 is 18.5 Å². The molecule has 3 aromatic rings. The Balaban J connectivity index is 1.63. The molecule has 0 aliphatic heterocycles. The Morgan fingerprint density at radius 2 is 2.08 bits per heavy atom. The van der Waals surface area contributed by atoms with E-state index in [4.69, 9.17) is 21.1 Å². The number of imidazole rings is 1. The van der Waals surface area contributed by atoms with Crippen LogP contribution in [0.25, 0.3) is 11.0 Å². The van der Waals surface area contributed by atoms with Crippen molar-refractivity contribution in [1.82, 2.24) is 9.97 Å². The minimum absolute atomic E-state index is 0.328. The van der Waals surface area contributed by atoms with Gasteiger partial charge in [0.25, 0.3) is 5.91 Å². The van der Waals surface area contributed by atoms with Crippen LogP contribution in [0.15, 0.2) is 36.7 Å². The molecule has 0 radical (unpaired) electrons. The number of methoxy groups -OCH3 is 1. The third-order valence-corrected chi connectivity index (χ3v) is 4.15. The van der Waals surface area contributed by atoms with Crippen LogP contribution in [0.3, 0.4) is 0 Å². The number of fused-ring (bicyclic) bond motifs is 1. The molecule has 3 rings (SSSR count). The molecule has 0 aliphatic rings. The maximum absolute atomic E-state index is 12.1. The van der Waals surface area contributed by atoms with Gasteiger partial charge in [0.15, 0.2) is 6.61 Å². The summed E-state index contributed by atoms with van der Waals surface area (Å²) in [5.41, 5.74) is 3.02. The van der Waals surface area contributed by atoms with Crippen molar-refractivity contribution >= 4 is 40.2 Å². The van der Waals surface area contributed by atoms with E-state index in [2.05, 4.69) is 15.3 Å². The summed E-state index contributed by atoms with van der Waals surface area (Å²) in [5.74, 6) is -0.665. The van der Waals surface area contributed by atoms with Crippen molar-refractivity contribution in [3.8, 4) is 5.75 Å². The van der Waals surface area contributed by atoms with Gasteiger partial charge in [-0.05, 0) is 36.8 Å². The number of carbonyl (C=O) groups excluding carboxylic acids is 2. The van der Waals surface area contributed by atoms with E-state index >= 15 is 0 Å². The highest BCUT2D eigenvalue weighted by atomic mass is 35.5. The molecule has 0 saturated carbocycles. The molecule has 2 aromatic carbocycles. The van der Waals surface area contributed by atoms with Gasteiger partial charge in [0.2, 0.25) is 0 Å². The SMILES string of the molecule is COc1cc(Cl)c(C)cc1NC(=O)COC(=O)c1ccc2nc[nH]c2c1. The van der Waals surface area contributed by atoms with Crippen LogP contribution in [0.4, 0.5) is 5.69 Å². The summed E-state index contributed by atoms with van der Waals surface area (Å²) in [6.45, 7) is 1.38. The second kappa shape index (κ2) is 7.45. The minimum atomic E-state index is -0.601. The first-order chi connectivity index (χ1) is 12.5. The number of aromatic amines is 1. The minimum Gasteiger partial charge on any atom is -0.495 e. The molecule has 2 N–H and O–H groups in total. The number of nitrogens with zero attached hydrogens (tertiary/aromatic N) is 1. The maximum atomic E-state index is 12.1. The third kappa shape index (κ3) is 3.78. The van der Waals surface area contributed by atoms with Gasteiger partial charge in [0.1, 0.15) is 5.75 Å². The van der Waals surface area contributed by atoms with Crippen molar-refractivity contribution < 1.29 is 19.1 Å². The van der Waals surface area contributed by atoms with Gasteiger partial charge in [0.05, 0.1) is 35.7 Å². The molecule has 0 aliphatic carbocycles. The average Bonchev–Trinajstić information content (AvgIpc) is 3.10. The molecule has 0 atom stereocenters. The second-order valence-corrected chi connectivity index (χ2v) is 5.97. The number of aryl methyl sites for hydroxylation is 1. The highest BCUT2D eigenvalue weighted by Crippen LogP contribution is 2.30. The Morgan fingerprint density at radius 1 is 1.27 bits per heavy atom. The first-order valence-corrected chi connectivity index (χ1v) is 8.10. The van der Waals surface area contributed by atoms with E-state index in [0.717, 1.165) is 11.1 Å². The number of aromatic nitrogens is 2. The molecule has 26 heavy (non-hydrogen) atoms. The number of carbonyl (C=O) groups is 2. The Morgan fingerprint density at radius 3 is 2.85 bits per heavy atom. The Hall–Kier alpha value is -3.06. The highest BCUT2D eigenvalue weighted by molar-refractivity contribution is 6.31. The summed E-state index contributed by atoms with van der Waals surface area (Å²) >= 11 is 6.04. The number of anilines is 1. The lowest BCUT2D eigenvalue weighted by Gasteiger charge is -2.12. The fourth-order valence-electron chi connectivity index (χ4n) is 2.39. The summed E-state index contributed by atoms with van der Waals surface area (Å²) in [6.07, 6.45) is 1.54. The first-order valence-electron chi connectivity index (χ1n) is 7.72. The van der Waals surface area contributed by atoms with Crippen LogP contribution >= 0.6 is 11.6 Å². The van der Waals surface area contributed by atoms with Gasteiger partial charge in [-0.3, -0.25) is 4.79 Å². The summed E-state index contributed by atoms with van der Waals surface area (Å²) in [7, 11) is 1.47. The molecule has 1 aromatic heterocycles. The monoisotopic (exact) mass is 373 g/mol. The van der Waals surface area contributed by atoms with Crippen LogP contribution in [0.5, 0.6) is 5.75 Å². The van der Waals surface area contributed by atoms with Crippen LogP contribution in [0.2, 0.25) is 5.02 Å². The summed E-state index contributed by atoms with van der Waals surface area (Å²) in [6, 6.07) is 8.21. The van der Waals surface area contributed by atoms with Gasteiger partial charge in [-0.15, -0.1) is 0 Å². The lowest BCUT2D eigenvalue weighted by atomic mass is 10.2. The highest BCUT2D eigenvalue weighted by Gasteiger charge is 2.14. The van der Waals surface area contributed by atoms with E-state index in [-0.39, 0.29) is 0 Å². The van der Waals surface area contributed by atoms with Crippen molar-refractivity contribution in [2.75, 3.05) is 19.0 Å². The van der Waals surface area contributed by atoms with Crippen molar-refractivity contribution in [2.24, 2.45) is 0 Å². The molecule has 0 spiro atoms. The van der Waals surface area contributed by atoms with Gasteiger partial charge in [-0.1, -0.05) is 11.6 Å². The molecular weight excluding hydrogens is 358 g/mol. The molecule has 0 fully saturated rings. The van der Waals surface area contributed by atoms with Crippen molar-refractivity contribution in [3.05, 3.63) is 52.8 Å². The van der Waals surface area contributed by atoms with Gasteiger partial charge >= 0.3 is 5.97 Å². The predicted molar refractivity (Wildman–Crippen MR) is 97.7 cm³/mol. The largest absolute Gasteiger partial charge is 0.495 e. The van der Waals surface area contributed by atoms with E-state index in [1.54, 1.807) is 30.3 Å². The number of ether oxygens (including phenoxy) is 2.